The molecule has 0 aromatic heterocycles. The number of nitrogens with one attached hydrogen (secondary N) is 1. The zero-order valence-corrected chi connectivity index (χ0v) is 4.49. The number of nitrogens with zero attached hydrogens (tertiary/aromatic N) is 1. The fourth-order valence-corrected chi connectivity index (χ4v) is 0.647. The first kappa shape index (κ1) is 4.80. The molecule has 1 heterocycles. The van der Waals surface area contributed by atoms with Gasteiger partial charge in [0.25, 0.3) is 0 Å². The van der Waals surface area contributed by atoms with E-state index in [1.54, 1.807) is 0 Å². The van der Waals surface area contributed by atoms with Gasteiger partial charge in [0, 0.05) is 13.1 Å². The topological polar surface area (TPSA) is 38.3 Å². The highest BCUT2D eigenvalue weighted by Gasteiger charge is 2.03. The molecule has 1 aliphatic heterocycles. The van der Waals surface area contributed by atoms with Crippen LogP contribution in [0.25, 0.3) is 0 Å². The van der Waals surface area contributed by atoms with E-state index in [2.05, 4.69) is 17.5 Å². The molecule has 0 unspecified atom stereocenters. The molecule has 0 saturated carbocycles. The van der Waals surface area contributed by atoms with Crippen LogP contribution in [0.2, 0.25) is 0 Å². The van der Waals surface area contributed by atoms with E-state index in [-0.39, 0.29) is 0 Å². The maximum absolute atomic E-state index is 10.3. The second-order valence-corrected chi connectivity index (χ2v) is 1.72. The molecule has 0 amide bonds. The number of hydrogen-bond acceptors (Lipinski definition) is 2. The minimum Gasteiger partial charge on any atom is -0.757 e. The lowest BCUT2D eigenvalue weighted by Gasteiger charge is -2.20. The molecule has 0 aliphatic carbocycles. The van der Waals surface area contributed by atoms with E-state index in [0.29, 0.717) is 18.2 Å². The minimum absolute atomic E-state index is 0.319. The Balaban J connectivity index is 2.48. The highest BCUT2D eigenvalue weighted by Crippen LogP contribution is 1.90. The van der Waals surface area contributed by atoms with Crippen LogP contribution >= 0.6 is 12.2 Å². The molecule has 0 atom stereocenters. The van der Waals surface area contributed by atoms with Crippen LogP contribution in [0.5, 0.6) is 0 Å². The molecule has 1 aliphatic rings. The monoisotopic (exact) mass is 117 g/mol. The van der Waals surface area contributed by atoms with E-state index in [0.717, 1.165) is 5.06 Å². The van der Waals surface area contributed by atoms with Gasteiger partial charge in [-0.05, 0) is 12.2 Å². The van der Waals surface area contributed by atoms with Gasteiger partial charge in [-0.3, -0.25) is 0 Å². The maximum Gasteiger partial charge on any atom is 0.158 e. The Morgan fingerprint density at radius 1 is 1.86 bits per heavy atom. The summed E-state index contributed by atoms with van der Waals surface area (Å²) in [6.45, 7) is 1.20. The SMILES string of the molecule is [O-]N1CCNC1=S. The number of thiocarbonyl (C=S) groups is 1. The molecular formula is C3H5N2OS-. The largest absolute Gasteiger partial charge is 0.757 e. The first-order valence-corrected chi connectivity index (χ1v) is 2.44. The van der Waals surface area contributed by atoms with Crippen molar-refractivity contribution in [2.75, 3.05) is 13.1 Å². The summed E-state index contributed by atoms with van der Waals surface area (Å²) in [5.41, 5.74) is 0. The van der Waals surface area contributed by atoms with Crippen LogP contribution < -0.4 is 5.32 Å². The van der Waals surface area contributed by atoms with Crippen molar-refractivity contribution in [1.29, 1.82) is 0 Å². The normalized spacial score (nSPS) is 20.1. The molecule has 1 rings (SSSR count). The van der Waals surface area contributed by atoms with Crippen LogP contribution in [0.15, 0.2) is 0 Å². The summed E-state index contributed by atoms with van der Waals surface area (Å²) in [5.74, 6) is 0. The molecule has 0 spiro atoms. The van der Waals surface area contributed by atoms with Crippen LogP contribution in [0.1, 0.15) is 0 Å². The molecule has 0 aromatic rings. The van der Waals surface area contributed by atoms with Crippen LogP contribution in [0.3, 0.4) is 0 Å². The number of rotatable bonds is 0. The molecule has 0 aromatic carbocycles. The fourth-order valence-electron chi connectivity index (χ4n) is 0.454. The van der Waals surface area contributed by atoms with Crippen molar-refractivity contribution in [3.05, 3.63) is 5.21 Å². The van der Waals surface area contributed by atoms with Gasteiger partial charge in [0.15, 0.2) is 5.11 Å². The van der Waals surface area contributed by atoms with Crippen molar-refractivity contribution in [2.24, 2.45) is 0 Å². The molecule has 4 heteroatoms. The standard InChI is InChI=1S/C3H5N2OS/c6-5-2-1-4-3(5)7/h1-2H2,(H,4,7)/q-1. The van der Waals surface area contributed by atoms with Crippen molar-refractivity contribution in [2.45, 2.75) is 0 Å². The molecule has 1 fully saturated rings. The maximum atomic E-state index is 10.3. The fraction of sp³-hybridized carbons (Fsp3) is 0.667. The molecule has 1 saturated heterocycles. The Morgan fingerprint density at radius 2 is 2.57 bits per heavy atom. The molecule has 3 nitrogen and oxygen atoms in total. The van der Waals surface area contributed by atoms with Gasteiger partial charge >= 0.3 is 0 Å². The van der Waals surface area contributed by atoms with Gasteiger partial charge in [0.05, 0.1) is 0 Å². The molecule has 1 N–H and O–H groups in total. The number of hydroxylamine groups is 2. The summed E-state index contributed by atoms with van der Waals surface area (Å²) in [6.07, 6.45) is 0. The van der Waals surface area contributed by atoms with Crippen LogP contribution in [0.4, 0.5) is 0 Å². The molecular weight excluding hydrogens is 112 g/mol. The summed E-state index contributed by atoms with van der Waals surface area (Å²) < 4.78 is 0. The molecule has 0 radical (unpaired) electrons. The van der Waals surface area contributed by atoms with Gasteiger partial charge in [-0.15, -0.1) is 0 Å². The lowest BCUT2D eigenvalue weighted by Crippen LogP contribution is -2.21. The first-order valence-electron chi connectivity index (χ1n) is 2.03. The molecule has 0 bridgehead atoms. The van der Waals surface area contributed by atoms with Crippen molar-refractivity contribution < 1.29 is 0 Å². The predicted octanol–water partition coefficient (Wildman–Crippen LogP) is -0.326. The van der Waals surface area contributed by atoms with Crippen LogP contribution in [-0.4, -0.2) is 23.3 Å². The lowest BCUT2D eigenvalue weighted by atomic mass is 10.7. The second kappa shape index (κ2) is 1.63. The summed E-state index contributed by atoms with van der Waals surface area (Å²) in [4.78, 5) is 0. The van der Waals surface area contributed by atoms with Crippen molar-refractivity contribution >= 4 is 17.3 Å². The Hall–Kier alpha value is -0.350. The molecule has 7 heavy (non-hydrogen) atoms. The van der Waals surface area contributed by atoms with E-state index < -0.39 is 0 Å². The third-order valence-electron chi connectivity index (χ3n) is 0.818. The molecule has 40 valence electrons. The van der Waals surface area contributed by atoms with Gasteiger partial charge in [-0.2, -0.15) is 0 Å². The minimum atomic E-state index is 0.319. The Morgan fingerprint density at radius 3 is 2.71 bits per heavy atom. The van der Waals surface area contributed by atoms with Gasteiger partial charge in [0.1, 0.15) is 0 Å². The van der Waals surface area contributed by atoms with Gasteiger partial charge < -0.3 is 15.6 Å². The van der Waals surface area contributed by atoms with E-state index in [1.165, 1.54) is 0 Å². The van der Waals surface area contributed by atoms with Crippen molar-refractivity contribution in [1.82, 2.24) is 10.4 Å². The average Bonchev–Trinajstić information content (AvgIpc) is 1.91. The van der Waals surface area contributed by atoms with Crippen molar-refractivity contribution in [3.63, 3.8) is 0 Å². The summed E-state index contributed by atoms with van der Waals surface area (Å²) in [7, 11) is 0. The smallest absolute Gasteiger partial charge is 0.158 e. The Labute approximate surface area is 46.9 Å². The van der Waals surface area contributed by atoms with E-state index in [4.69, 9.17) is 0 Å². The van der Waals surface area contributed by atoms with Crippen LogP contribution in [-0.2, 0) is 0 Å². The highest BCUT2D eigenvalue weighted by atomic mass is 32.1. The summed E-state index contributed by atoms with van der Waals surface area (Å²) >= 11 is 4.54. The zero-order chi connectivity index (χ0) is 5.28. The predicted molar refractivity (Wildman–Crippen MR) is 30.7 cm³/mol. The van der Waals surface area contributed by atoms with Crippen LogP contribution in [0, 0.1) is 5.21 Å². The van der Waals surface area contributed by atoms with Gasteiger partial charge in [-0.25, -0.2) is 0 Å². The summed E-state index contributed by atoms with van der Waals surface area (Å²) in [6, 6.07) is 0. The van der Waals surface area contributed by atoms with Crippen molar-refractivity contribution in [3.8, 4) is 0 Å². The lowest BCUT2D eigenvalue weighted by molar-refractivity contribution is 0.632. The zero-order valence-electron chi connectivity index (χ0n) is 3.68. The first-order chi connectivity index (χ1) is 3.30. The Bertz CT molecular complexity index is 94.9. The van der Waals surface area contributed by atoms with E-state index in [1.807, 2.05) is 0 Å². The van der Waals surface area contributed by atoms with Gasteiger partial charge in [0.2, 0.25) is 0 Å². The number of hydrogen-bond donors (Lipinski definition) is 1. The van der Waals surface area contributed by atoms with Gasteiger partial charge in [-0.1, -0.05) is 0 Å². The average molecular weight is 117 g/mol. The second-order valence-electron chi connectivity index (χ2n) is 1.33. The van der Waals surface area contributed by atoms with E-state index >= 15 is 0 Å². The summed E-state index contributed by atoms with van der Waals surface area (Å²) in [5, 5.41) is 14.1. The quantitative estimate of drug-likeness (QED) is 0.441. The highest BCUT2D eigenvalue weighted by molar-refractivity contribution is 7.80. The Kier molecular flexibility index (Phi) is 1.12. The van der Waals surface area contributed by atoms with E-state index in [9.17, 15) is 5.21 Å². The third kappa shape index (κ3) is 0.808. The third-order valence-corrected chi connectivity index (χ3v) is 1.17.